The average Bonchev–Trinajstić information content (AvgIpc) is 3.12. The predicted molar refractivity (Wildman–Crippen MR) is 105 cm³/mol. The van der Waals surface area contributed by atoms with Gasteiger partial charge in [0, 0.05) is 17.1 Å². The summed E-state index contributed by atoms with van der Waals surface area (Å²) in [7, 11) is 0. The van der Waals surface area contributed by atoms with Crippen LogP contribution in [0.25, 0.3) is 0 Å². The lowest BCUT2D eigenvalue weighted by molar-refractivity contribution is -0.121. The van der Waals surface area contributed by atoms with E-state index in [2.05, 4.69) is 6.07 Å². The van der Waals surface area contributed by atoms with E-state index in [1.165, 1.54) is 26.7 Å². The normalized spacial score (nSPS) is 12.7. The number of hydrogen-bond donors (Lipinski definition) is 0. The summed E-state index contributed by atoms with van der Waals surface area (Å²) in [5.74, 6) is -0.782. The first-order valence-corrected chi connectivity index (χ1v) is 9.93. The van der Waals surface area contributed by atoms with Crippen molar-refractivity contribution < 1.29 is 14.3 Å². The van der Waals surface area contributed by atoms with Crippen molar-refractivity contribution in [1.29, 1.82) is 5.26 Å². The van der Waals surface area contributed by atoms with E-state index in [9.17, 15) is 9.59 Å². The fraction of sp³-hybridized carbons (Fsp3) is 0.381. The molecule has 1 aromatic carbocycles. The number of carbonyl (C=O) groups is 2. The van der Waals surface area contributed by atoms with Crippen LogP contribution >= 0.6 is 11.3 Å². The number of benzene rings is 1. The summed E-state index contributed by atoms with van der Waals surface area (Å²) in [6.45, 7) is 1.90. The first-order chi connectivity index (χ1) is 13.1. The number of carbonyl (C=O) groups excluding carboxylic acids is 2. The smallest absolute Gasteiger partial charge is 0.348 e. The molecule has 6 heteroatoms. The predicted octanol–water partition coefficient (Wildman–Crippen LogP) is 4.04. The zero-order valence-electron chi connectivity index (χ0n) is 15.4. The van der Waals surface area contributed by atoms with Crippen molar-refractivity contribution in [3.05, 3.63) is 51.2 Å². The molecule has 0 unspecified atom stereocenters. The zero-order chi connectivity index (χ0) is 19.2. The highest BCUT2D eigenvalue weighted by molar-refractivity contribution is 7.14. The van der Waals surface area contributed by atoms with Gasteiger partial charge in [0.2, 0.25) is 0 Å². The van der Waals surface area contributed by atoms with Crippen molar-refractivity contribution in [3.8, 4) is 6.07 Å². The number of thiophene rings is 1. The van der Waals surface area contributed by atoms with Crippen molar-refractivity contribution in [2.75, 3.05) is 18.1 Å². The third kappa shape index (κ3) is 4.75. The number of nitriles is 1. The third-order valence-electron chi connectivity index (χ3n) is 4.62. The number of nitrogens with zero attached hydrogens (tertiary/aromatic N) is 2. The van der Waals surface area contributed by atoms with Crippen LogP contribution in [0.1, 0.15) is 44.9 Å². The van der Waals surface area contributed by atoms with Gasteiger partial charge in [-0.05, 0) is 56.4 Å². The van der Waals surface area contributed by atoms with E-state index in [0.717, 1.165) is 31.2 Å². The van der Waals surface area contributed by atoms with Gasteiger partial charge in [-0.3, -0.25) is 4.79 Å². The number of amides is 1. The molecule has 0 saturated carbocycles. The summed E-state index contributed by atoms with van der Waals surface area (Å²) < 4.78 is 5.27. The van der Waals surface area contributed by atoms with Gasteiger partial charge in [0.15, 0.2) is 6.61 Å². The molecule has 140 valence electrons. The molecule has 1 heterocycles. The number of esters is 1. The lowest BCUT2D eigenvalue weighted by Crippen LogP contribution is -2.35. The minimum Gasteiger partial charge on any atom is -0.451 e. The molecule has 0 saturated heterocycles. The van der Waals surface area contributed by atoms with Crippen LogP contribution in [0.5, 0.6) is 0 Å². The summed E-state index contributed by atoms with van der Waals surface area (Å²) in [4.78, 5) is 28.3. The van der Waals surface area contributed by atoms with Crippen molar-refractivity contribution in [3.63, 3.8) is 0 Å². The first-order valence-electron chi connectivity index (χ1n) is 9.11. The Labute approximate surface area is 163 Å². The molecule has 0 fully saturated rings. The molecule has 1 aliphatic rings. The zero-order valence-corrected chi connectivity index (χ0v) is 16.2. The summed E-state index contributed by atoms with van der Waals surface area (Å²) in [5, 5.41) is 8.86. The molecule has 1 aliphatic carbocycles. The Morgan fingerprint density at radius 2 is 1.96 bits per heavy atom. The molecule has 0 radical (unpaired) electrons. The Balaban J connectivity index is 1.64. The van der Waals surface area contributed by atoms with Crippen LogP contribution in [0.2, 0.25) is 0 Å². The molecular weight excluding hydrogens is 360 g/mol. The maximum atomic E-state index is 12.6. The summed E-state index contributed by atoms with van der Waals surface area (Å²) in [6.07, 6.45) is 4.55. The molecule has 0 aliphatic heterocycles. The Morgan fingerprint density at radius 1 is 1.22 bits per heavy atom. The maximum Gasteiger partial charge on any atom is 0.348 e. The SMILES string of the molecule is Cc1ccc(N(CCC#N)C(=O)COC(=O)c2cc3c(s2)CCCC3)cc1. The highest BCUT2D eigenvalue weighted by atomic mass is 32.1. The van der Waals surface area contributed by atoms with E-state index in [0.29, 0.717) is 10.6 Å². The Morgan fingerprint density at radius 3 is 2.67 bits per heavy atom. The second kappa shape index (κ2) is 8.83. The third-order valence-corrected chi connectivity index (χ3v) is 5.84. The molecule has 0 bridgehead atoms. The highest BCUT2D eigenvalue weighted by Gasteiger charge is 2.21. The summed E-state index contributed by atoms with van der Waals surface area (Å²) >= 11 is 1.47. The molecule has 0 atom stereocenters. The standard InChI is InChI=1S/C21H22N2O3S/c1-15-7-9-17(10-8-15)23(12-4-11-22)20(24)14-26-21(25)19-13-16-5-2-3-6-18(16)27-19/h7-10,13H,2-6,12,14H2,1H3. The van der Waals surface area contributed by atoms with E-state index in [1.807, 2.05) is 37.3 Å². The van der Waals surface area contributed by atoms with E-state index in [4.69, 9.17) is 10.00 Å². The molecular formula is C21H22N2O3S. The van der Waals surface area contributed by atoms with Crippen LogP contribution in [0.3, 0.4) is 0 Å². The number of rotatable bonds is 6. The molecule has 5 nitrogen and oxygen atoms in total. The number of aryl methyl sites for hydroxylation is 3. The fourth-order valence-corrected chi connectivity index (χ4v) is 4.30. The van der Waals surface area contributed by atoms with Gasteiger partial charge >= 0.3 is 5.97 Å². The van der Waals surface area contributed by atoms with Gasteiger partial charge in [-0.15, -0.1) is 11.3 Å². The molecule has 1 aromatic heterocycles. The molecule has 1 amide bonds. The van der Waals surface area contributed by atoms with Crippen LogP contribution in [0.4, 0.5) is 5.69 Å². The van der Waals surface area contributed by atoms with Crippen LogP contribution < -0.4 is 4.90 Å². The van der Waals surface area contributed by atoms with Gasteiger partial charge < -0.3 is 9.64 Å². The molecule has 0 spiro atoms. The van der Waals surface area contributed by atoms with E-state index in [1.54, 1.807) is 0 Å². The maximum absolute atomic E-state index is 12.6. The topological polar surface area (TPSA) is 70.4 Å². The minimum atomic E-state index is -0.452. The van der Waals surface area contributed by atoms with Gasteiger partial charge in [0.1, 0.15) is 4.88 Å². The fourth-order valence-electron chi connectivity index (χ4n) is 3.15. The highest BCUT2D eigenvalue weighted by Crippen LogP contribution is 2.30. The number of anilines is 1. The second-order valence-corrected chi connectivity index (χ2v) is 7.77. The van der Waals surface area contributed by atoms with Crippen molar-refractivity contribution in [2.45, 2.75) is 39.0 Å². The molecule has 3 rings (SSSR count). The summed E-state index contributed by atoms with van der Waals surface area (Å²) in [6, 6.07) is 11.4. The van der Waals surface area contributed by atoms with Crippen LogP contribution in [-0.2, 0) is 22.4 Å². The molecule has 0 N–H and O–H groups in total. The van der Waals surface area contributed by atoms with Crippen molar-refractivity contribution in [1.82, 2.24) is 0 Å². The van der Waals surface area contributed by atoms with Gasteiger partial charge in [0.25, 0.3) is 5.91 Å². The second-order valence-electron chi connectivity index (χ2n) is 6.63. The lowest BCUT2D eigenvalue weighted by atomic mass is 9.99. The lowest BCUT2D eigenvalue weighted by Gasteiger charge is -2.21. The van der Waals surface area contributed by atoms with Crippen LogP contribution in [0.15, 0.2) is 30.3 Å². The Bertz CT molecular complexity index is 841. The monoisotopic (exact) mass is 382 g/mol. The first kappa shape index (κ1) is 19.1. The van der Waals surface area contributed by atoms with E-state index >= 15 is 0 Å². The van der Waals surface area contributed by atoms with Crippen LogP contribution in [-0.4, -0.2) is 25.0 Å². The number of fused-ring (bicyclic) bond motifs is 1. The molecule has 2 aromatic rings. The number of ether oxygens (including phenoxy) is 1. The van der Waals surface area contributed by atoms with Gasteiger partial charge in [-0.25, -0.2) is 4.79 Å². The van der Waals surface area contributed by atoms with Crippen molar-refractivity contribution in [2.24, 2.45) is 0 Å². The Hall–Kier alpha value is -2.65. The average molecular weight is 382 g/mol. The largest absolute Gasteiger partial charge is 0.451 e. The minimum absolute atomic E-state index is 0.213. The Kier molecular flexibility index (Phi) is 6.25. The van der Waals surface area contributed by atoms with E-state index in [-0.39, 0.29) is 25.5 Å². The van der Waals surface area contributed by atoms with Gasteiger partial charge in [-0.2, -0.15) is 5.26 Å². The van der Waals surface area contributed by atoms with E-state index < -0.39 is 5.97 Å². The summed E-state index contributed by atoms with van der Waals surface area (Å²) in [5.41, 5.74) is 3.02. The number of hydrogen-bond acceptors (Lipinski definition) is 5. The molecule has 27 heavy (non-hydrogen) atoms. The van der Waals surface area contributed by atoms with Gasteiger partial charge in [-0.1, -0.05) is 17.7 Å². The quantitative estimate of drug-likeness (QED) is 0.707. The van der Waals surface area contributed by atoms with Crippen molar-refractivity contribution >= 4 is 28.9 Å². The van der Waals surface area contributed by atoms with Crippen LogP contribution in [0, 0.1) is 18.3 Å². The van der Waals surface area contributed by atoms with Gasteiger partial charge in [0.05, 0.1) is 12.5 Å².